The standard InChI is InChI=1S/C12H26N4O2S/c1-5-9-14-12(13-6-2)15-10-8-11-16(4)19(17,18)7-3/h5H,1,6-11H2,2-4H3,(H2,13,14,15). The van der Waals surface area contributed by atoms with Gasteiger partial charge in [-0.25, -0.2) is 12.7 Å². The van der Waals surface area contributed by atoms with Gasteiger partial charge in [-0.1, -0.05) is 6.08 Å². The molecule has 0 spiro atoms. The summed E-state index contributed by atoms with van der Waals surface area (Å²) >= 11 is 0. The fraction of sp³-hybridized carbons (Fsp3) is 0.750. The van der Waals surface area contributed by atoms with Crippen LogP contribution in [0.25, 0.3) is 0 Å². The van der Waals surface area contributed by atoms with Crippen molar-refractivity contribution in [1.29, 1.82) is 0 Å². The second-order valence-electron chi connectivity index (χ2n) is 4.01. The molecule has 0 atom stereocenters. The highest BCUT2D eigenvalue weighted by Crippen LogP contribution is 1.98. The number of nitrogens with one attached hydrogen (secondary N) is 2. The predicted molar refractivity (Wildman–Crippen MR) is 80.9 cm³/mol. The zero-order chi connectivity index (χ0) is 14.7. The Morgan fingerprint density at radius 3 is 2.58 bits per heavy atom. The maximum atomic E-state index is 11.5. The Kier molecular flexibility index (Phi) is 9.24. The van der Waals surface area contributed by atoms with Crippen molar-refractivity contribution in [2.45, 2.75) is 20.3 Å². The first kappa shape index (κ1) is 17.9. The van der Waals surface area contributed by atoms with E-state index in [1.54, 1.807) is 20.0 Å². The van der Waals surface area contributed by atoms with Gasteiger partial charge in [0.25, 0.3) is 0 Å². The molecule has 6 nitrogen and oxygen atoms in total. The molecule has 0 bridgehead atoms. The molecule has 0 fully saturated rings. The first-order chi connectivity index (χ1) is 8.97. The van der Waals surface area contributed by atoms with Crippen LogP contribution in [-0.2, 0) is 10.0 Å². The molecule has 0 saturated heterocycles. The Morgan fingerprint density at radius 2 is 2.05 bits per heavy atom. The topological polar surface area (TPSA) is 73.8 Å². The summed E-state index contributed by atoms with van der Waals surface area (Å²) in [5, 5.41) is 6.20. The lowest BCUT2D eigenvalue weighted by molar-refractivity contribution is 0.465. The minimum Gasteiger partial charge on any atom is -0.357 e. The van der Waals surface area contributed by atoms with Gasteiger partial charge < -0.3 is 10.6 Å². The summed E-state index contributed by atoms with van der Waals surface area (Å²) in [6.07, 6.45) is 2.45. The fourth-order valence-electron chi connectivity index (χ4n) is 1.35. The molecule has 0 unspecified atom stereocenters. The summed E-state index contributed by atoms with van der Waals surface area (Å²) in [6, 6.07) is 0. The highest BCUT2D eigenvalue weighted by Gasteiger charge is 2.13. The van der Waals surface area contributed by atoms with E-state index in [4.69, 9.17) is 0 Å². The smallest absolute Gasteiger partial charge is 0.213 e. The van der Waals surface area contributed by atoms with Crippen molar-refractivity contribution in [3.63, 3.8) is 0 Å². The highest BCUT2D eigenvalue weighted by molar-refractivity contribution is 7.89. The van der Waals surface area contributed by atoms with Gasteiger partial charge in [0, 0.05) is 33.2 Å². The van der Waals surface area contributed by atoms with Crippen molar-refractivity contribution in [2.24, 2.45) is 4.99 Å². The van der Waals surface area contributed by atoms with E-state index in [2.05, 4.69) is 22.2 Å². The molecule has 19 heavy (non-hydrogen) atoms. The van der Waals surface area contributed by atoms with Crippen LogP contribution in [0, 0.1) is 0 Å². The van der Waals surface area contributed by atoms with Crippen molar-refractivity contribution < 1.29 is 8.42 Å². The summed E-state index contributed by atoms with van der Waals surface area (Å²) in [6.45, 7) is 9.77. The lowest BCUT2D eigenvalue weighted by Crippen LogP contribution is -2.37. The predicted octanol–water partition coefficient (Wildman–Crippen LogP) is 0.399. The summed E-state index contributed by atoms with van der Waals surface area (Å²) in [7, 11) is -1.48. The maximum Gasteiger partial charge on any atom is 0.213 e. The molecular weight excluding hydrogens is 264 g/mol. The molecule has 0 aromatic rings. The molecule has 7 heteroatoms. The molecular formula is C12H26N4O2S. The normalized spacial score (nSPS) is 12.5. The second-order valence-corrected chi connectivity index (χ2v) is 6.37. The second kappa shape index (κ2) is 9.80. The minimum atomic E-state index is -3.08. The van der Waals surface area contributed by atoms with Crippen LogP contribution in [-0.4, -0.2) is 57.7 Å². The van der Waals surface area contributed by atoms with E-state index in [-0.39, 0.29) is 5.75 Å². The van der Waals surface area contributed by atoms with Gasteiger partial charge >= 0.3 is 0 Å². The quantitative estimate of drug-likeness (QED) is 0.279. The van der Waals surface area contributed by atoms with E-state index in [9.17, 15) is 8.42 Å². The van der Waals surface area contributed by atoms with Gasteiger partial charge in [-0.2, -0.15) is 0 Å². The van der Waals surface area contributed by atoms with Gasteiger partial charge in [-0.3, -0.25) is 4.99 Å². The van der Waals surface area contributed by atoms with Crippen LogP contribution in [0.15, 0.2) is 17.6 Å². The van der Waals surface area contributed by atoms with Gasteiger partial charge in [-0.15, -0.1) is 6.58 Å². The Labute approximate surface area is 117 Å². The minimum absolute atomic E-state index is 0.135. The van der Waals surface area contributed by atoms with Crippen LogP contribution in [0.4, 0.5) is 0 Å². The van der Waals surface area contributed by atoms with Crippen molar-refractivity contribution >= 4 is 16.0 Å². The molecule has 0 saturated carbocycles. The molecule has 0 aliphatic rings. The molecule has 0 aromatic heterocycles. The number of guanidine groups is 1. The van der Waals surface area contributed by atoms with Crippen LogP contribution in [0.3, 0.4) is 0 Å². The van der Waals surface area contributed by atoms with Gasteiger partial charge in [0.05, 0.1) is 5.75 Å². The lowest BCUT2D eigenvalue weighted by Gasteiger charge is -2.15. The Balaban J connectivity index is 4.13. The van der Waals surface area contributed by atoms with Crippen LogP contribution in [0.5, 0.6) is 0 Å². The van der Waals surface area contributed by atoms with Crippen LogP contribution in [0.1, 0.15) is 20.3 Å². The molecule has 0 heterocycles. The Hall–Kier alpha value is -1.08. The number of sulfonamides is 1. The van der Waals surface area contributed by atoms with Crippen molar-refractivity contribution in [1.82, 2.24) is 14.9 Å². The summed E-state index contributed by atoms with van der Waals surface area (Å²) < 4.78 is 24.4. The Morgan fingerprint density at radius 1 is 1.37 bits per heavy atom. The van der Waals surface area contributed by atoms with Gasteiger partial charge in [0.1, 0.15) is 0 Å². The monoisotopic (exact) mass is 290 g/mol. The van der Waals surface area contributed by atoms with Crippen molar-refractivity contribution in [3.05, 3.63) is 12.7 Å². The van der Waals surface area contributed by atoms with E-state index in [1.807, 2.05) is 6.92 Å². The first-order valence-corrected chi connectivity index (χ1v) is 8.15. The lowest BCUT2D eigenvalue weighted by atomic mass is 10.4. The zero-order valence-corrected chi connectivity index (χ0v) is 13.0. The molecule has 0 aliphatic heterocycles. The fourth-order valence-corrected chi connectivity index (χ4v) is 2.20. The number of aliphatic imine (C=N–C) groups is 1. The largest absolute Gasteiger partial charge is 0.357 e. The van der Waals surface area contributed by atoms with Gasteiger partial charge in [0.2, 0.25) is 10.0 Å². The van der Waals surface area contributed by atoms with Crippen LogP contribution >= 0.6 is 0 Å². The van der Waals surface area contributed by atoms with E-state index in [0.717, 1.165) is 12.5 Å². The van der Waals surface area contributed by atoms with E-state index >= 15 is 0 Å². The summed E-state index contributed by atoms with van der Waals surface area (Å²) in [5.74, 6) is 0.861. The number of nitrogens with zero attached hydrogens (tertiary/aromatic N) is 2. The number of hydrogen-bond donors (Lipinski definition) is 2. The Bertz CT molecular complexity index is 379. The number of hydrogen-bond acceptors (Lipinski definition) is 3. The van der Waals surface area contributed by atoms with Crippen molar-refractivity contribution in [2.75, 3.05) is 39.0 Å². The SMILES string of the molecule is C=CCNC(=NCCCN(C)S(=O)(=O)CC)NCC. The molecule has 112 valence electrons. The van der Waals surface area contributed by atoms with E-state index in [1.165, 1.54) is 4.31 Å². The van der Waals surface area contributed by atoms with E-state index < -0.39 is 10.0 Å². The van der Waals surface area contributed by atoms with Crippen LogP contribution in [0.2, 0.25) is 0 Å². The zero-order valence-electron chi connectivity index (χ0n) is 12.1. The first-order valence-electron chi connectivity index (χ1n) is 6.55. The molecule has 0 aliphatic carbocycles. The van der Waals surface area contributed by atoms with Gasteiger partial charge in [0.15, 0.2) is 5.96 Å². The molecule has 2 N–H and O–H groups in total. The molecule has 0 rings (SSSR count). The molecule has 0 radical (unpaired) electrons. The average molecular weight is 290 g/mol. The van der Waals surface area contributed by atoms with Gasteiger partial charge in [-0.05, 0) is 20.3 Å². The summed E-state index contributed by atoms with van der Waals surface area (Å²) in [5.41, 5.74) is 0. The maximum absolute atomic E-state index is 11.5. The highest BCUT2D eigenvalue weighted by atomic mass is 32.2. The number of rotatable bonds is 9. The third-order valence-corrected chi connectivity index (χ3v) is 4.36. The summed E-state index contributed by atoms with van der Waals surface area (Å²) in [4.78, 5) is 4.36. The molecule has 0 aromatic carbocycles. The average Bonchev–Trinajstić information content (AvgIpc) is 2.40. The van der Waals surface area contributed by atoms with E-state index in [0.29, 0.717) is 26.1 Å². The van der Waals surface area contributed by atoms with Crippen molar-refractivity contribution in [3.8, 4) is 0 Å². The third-order valence-electron chi connectivity index (χ3n) is 2.50. The molecule has 0 amide bonds. The third kappa shape index (κ3) is 7.84. The van der Waals surface area contributed by atoms with Crippen LogP contribution < -0.4 is 10.6 Å².